The molecule has 318 valence electrons. The molecule has 12 heteroatoms. The first-order valence-corrected chi connectivity index (χ1v) is 23.3. The molecule has 1 aromatic carbocycles. The molecule has 1 saturated heterocycles. The molecular formula is C46H67N5O6S. The second kappa shape index (κ2) is 15.5. The van der Waals surface area contributed by atoms with E-state index in [9.17, 15) is 18.0 Å². The number of aryl methyl sites for hydroxylation is 2. The minimum Gasteiger partial charge on any atom is -0.483 e. The Hall–Kier alpha value is -3.51. The number of benzene rings is 1. The van der Waals surface area contributed by atoms with Gasteiger partial charge in [-0.25, -0.2) is 13.4 Å². The van der Waals surface area contributed by atoms with E-state index in [1.165, 1.54) is 0 Å². The number of hydrogen-bond donors (Lipinski definition) is 2. The van der Waals surface area contributed by atoms with Crippen LogP contribution in [0.1, 0.15) is 137 Å². The van der Waals surface area contributed by atoms with Crippen LogP contribution in [0.3, 0.4) is 0 Å². The highest BCUT2D eigenvalue weighted by Crippen LogP contribution is 2.49. The number of para-hydroxylation sites is 1. The molecule has 5 aliphatic rings. The summed E-state index contributed by atoms with van der Waals surface area (Å²) in [5.74, 6) is -0.870. The van der Waals surface area contributed by atoms with Gasteiger partial charge in [0.25, 0.3) is 5.91 Å². The van der Waals surface area contributed by atoms with Crippen LogP contribution in [-0.4, -0.2) is 88.5 Å². The summed E-state index contributed by atoms with van der Waals surface area (Å²) in [4.78, 5) is 53.6. The first-order valence-electron chi connectivity index (χ1n) is 21.8. The van der Waals surface area contributed by atoms with Crippen LogP contribution in [0.25, 0.3) is 10.9 Å². The topological polar surface area (TPSA) is 138 Å². The lowest BCUT2D eigenvalue weighted by molar-refractivity contribution is -0.144. The Bertz CT molecular complexity index is 2050. The molecule has 0 radical (unpaired) electrons. The van der Waals surface area contributed by atoms with Crippen LogP contribution in [-0.2, 0) is 30.8 Å². The van der Waals surface area contributed by atoms with Crippen LogP contribution in [0.4, 0.5) is 0 Å². The van der Waals surface area contributed by atoms with Crippen LogP contribution in [0.5, 0.6) is 5.75 Å². The molecule has 3 amide bonds. The van der Waals surface area contributed by atoms with E-state index in [2.05, 4.69) is 68.6 Å². The van der Waals surface area contributed by atoms with Gasteiger partial charge in [0.15, 0.2) is 0 Å². The molecule has 0 unspecified atom stereocenters. The van der Waals surface area contributed by atoms with Gasteiger partial charge in [-0.1, -0.05) is 84.7 Å². The van der Waals surface area contributed by atoms with Gasteiger partial charge in [-0.05, 0) is 108 Å². The summed E-state index contributed by atoms with van der Waals surface area (Å²) in [6, 6.07) is 6.71. The van der Waals surface area contributed by atoms with Gasteiger partial charge in [-0.3, -0.25) is 24.0 Å². The molecule has 2 N–H and O–H groups in total. The summed E-state index contributed by atoms with van der Waals surface area (Å²) in [6.45, 7) is 18.7. The van der Waals surface area contributed by atoms with Crippen molar-refractivity contribution < 1.29 is 27.5 Å². The lowest BCUT2D eigenvalue weighted by atomic mass is 9.87. The van der Waals surface area contributed by atoms with E-state index in [0.717, 1.165) is 79.5 Å². The number of carbonyl (C=O) groups is 3. The number of nitrogens with zero attached hydrogens (tertiary/aromatic N) is 3. The van der Waals surface area contributed by atoms with Gasteiger partial charge in [0, 0.05) is 23.3 Å². The van der Waals surface area contributed by atoms with Crippen molar-refractivity contribution in [2.45, 2.75) is 167 Å². The molecule has 2 aliphatic carbocycles. The smallest absolute Gasteiger partial charge is 0.259 e. The number of carbonyl (C=O) groups excluding carboxylic acids is 3. The zero-order chi connectivity index (χ0) is 41.9. The SMILES string of the molecule is Cc1nc2ccccc2c2c1O[C@]1(CC2)C[C@H]2C(=O)N[C@]3(C(=O)NS(=O)(=O)C4(C)CC4)C[C@H]3/C=C\CCCCC[C@H](N(CCC(C)(C)C)CCC(C)(C)C)C(=O)N2C1. The summed E-state index contributed by atoms with van der Waals surface area (Å²) in [7, 11) is -3.95. The highest BCUT2D eigenvalue weighted by Gasteiger charge is 2.64. The number of allylic oxidation sites excluding steroid dienone is 1. The number of ether oxygens (including phenoxy) is 1. The lowest BCUT2D eigenvalue weighted by Crippen LogP contribution is -2.59. The average molecular weight is 818 g/mol. The molecule has 1 aromatic heterocycles. The van der Waals surface area contributed by atoms with Crippen LogP contribution in [0.2, 0.25) is 0 Å². The van der Waals surface area contributed by atoms with E-state index in [1.807, 2.05) is 31.2 Å². The highest BCUT2D eigenvalue weighted by molar-refractivity contribution is 7.91. The number of hydrogen-bond acceptors (Lipinski definition) is 8. The second-order valence-corrected chi connectivity index (χ2v) is 23.1. The standard InChI is InChI=1S/C46H67N5O6S/c1-31-38-34(33-17-14-15-18-35(33)47-31)20-21-45(57-38)29-37-39(52)48-46(41(54)49-58(55,56)44(8)22-23-44)28-32(46)16-12-10-9-11-13-19-36(40(53)51(37)30-45)50(26-24-42(2,3)4)27-25-43(5,6)7/h12,14-18,32,36-37H,9-11,13,19-30H2,1-8H3,(H,48,52)(H,49,54)/b16-12-/t32-,36+,37+,45-,46-/m1/s1. The maximum absolute atomic E-state index is 15.5. The average Bonchev–Trinajstić information content (AvgIpc) is 4.03. The predicted octanol–water partition coefficient (Wildman–Crippen LogP) is 7.14. The fourth-order valence-corrected chi connectivity index (χ4v) is 10.5. The van der Waals surface area contributed by atoms with Crippen molar-refractivity contribution in [2.24, 2.45) is 16.7 Å². The van der Waals surface area contributed by atoms with Crippen LogP contribution in [0.15, 0.2) is 36.4 Å². The van der Waals surface area contributed by atoms with Gasteiger partial charge in [0.05, 0.1) is 28.5 Å². The minimum atomic E-state index is -3.95. The number of rotatable bonds is 8. The number of pyridine rings is 1. The van der Waals surface area contributed by atoms with Gasteiger partial charge < -0.3 is 15.0 Å². The summed E-state index contributed by atoms with van der Waals surface area (Å²) >= 11 is 0. The number of sulfonamides is 1. The van der Waals surface area contributed by atoms with Crippen molar-refractivity contribution in [1.82, 2.24) is 24.8 Å². The van der Waals surface area contributed by atoms with Gasteiger partial charge in [0.1, 0.15) is 22.9 Å². The van der Waals surface area contributed by atoms with E-state index in [1.54, 1.807) is 11.8 Å². The number of amides is 3. The number of nitrogens with one attached hydrogen (secondary N) is 2. The zero-order valence-electron chi connectivity index (χ0n) is 36.2. The van der Waals surface area contributed by atoms with Crippen molar-refractivity contribution in [2.75, 3.05) is 19.6 Å². The van der Waals surface area contributed by atoms with Gasteiger partial charge >= 0.3 is 0 Å². The molecule has 3 fully saturated rings. The molecule has 11 nitrogen and oxygen atoms in total. The molecular weight excluding hydrogens is 751 g/mol. The van der Waals surface area contributed by atoms with Crippen molar-refractivity contribution in [3.8, 4) is 5.75 Å². The molecule has 2 aromatic rings. The second-order valence-electron chi connectivity index (χ2n) is 20.9. The molecule has 2 saturated carbocycles. The van der Waals surface area contributed by atoms with E-state index < -0.39 is 49.8 Å². The Morgan fingerprint density at radius 2 is 1.69 bits per heavy atom. The van der Waals surface area contributed by atoms with Gasteiger partial charge in [-0.2, -0.15) is 0 Å². The van der Waals surface area contributed by atoms with Crippen LogP contribution in [0, 0.1) is 23.7 Å². The third-order valence-electron chi connectivity index (χ3n) is 13.6. The highest BCUT2D eigenvalue weighted by atomic mass is 32.2. The first-order chi connectivity index (χ1) is 27.1. The normalized spacial score (nSPS) is 29.4. The quantitative estimate of drug-likeness (QED) is 0.268. The largest absolute Gasteiger partial charge is 0.483 e. The fraction of sp³-hybridized carbons (Fsp3) is 0.696. The van der Waals surface area contributed by atoms with E-state index in [-0.39, 0.29) is 42.0 Å². The molecule has 0 bridgehead atoms. The Morgan fingerprint density at radius 1 is 1.00 bits per heavy atom. The van der Waals surface area contributed by atoms with Crippen molar-refractivity contribution in [3.05, 3.63) is 47.7 Å². The number of aromatic nitrogens is 1. The fourth-order valence-electron chi connectivity index (χ4n) is 9.21. The first kappa shape index (κ1) is 42.6. The third kappa shape index (κ3) is 8.84. The molecule has 1 spiro atoms. The monoisotopic (exact) mass is 817 g/mol. The Balaban J connectivity index is 1.26. The Kier molecular flexibility index (Phi) is 11.4. The lowest BCUT2D eigenvalue weighted by Gasteiger charge is -2.39. The molecule has 4 heterocycles. The maximum atomic E-state index is 15.5. The predicted molar refractivity (Wildman–Crippen MR) is 228 cm³/mol. The van der Waals surface area contributed by atoms with Gasteiger partial charge in [0.2, 0.25) is 21.8 Å². The number of fused-ring (bicyclic) bond motifs is 5. The van der Waals surface area contributed by atoms with Crippen LogP contribution < -0.4 is 14.8 Å². The van der Waals surface area contributed by atoms with Crippen LogP contribution >= 0.6 is 0 Å². The van der Waals surface area contributed by atoms with E-state index in [4.69, 9.17) is 9.72 Å². The van der Waals surface area contributed by atoms with Gasteiger partial charge in [-0.15, -0.1) is 0 Å². The van der Waals surface area contributed by atoms with Crippen molar-refractivity contribution in [1.29, 1.82) is 0 Å². The molecule has 58 heavy (non-hydrogen) atoms. The Morgan fingerprint density at radius 3 is 2.36 bits per heavy atom. The summed E-state index contributed by atoms with van der Waals surface area (Å²) < 4.78 is 35.1. The van der Waals surface area contributed by atoms with E-state index in [0.29, 0.717) is 32.1 Å². The third-order valence-corrected chi connectivity index (χ3v) is 15.8. The summed E-state index contributed by atoms with van der Waals surface area (Å²) in [6.07, 6.45) is 12.9. The van der Waals surface area contributed by atoms with E-state index >= 15 is 4.79 Å². The summed E-state index contributed by atoms with van der Waals surface area (Å²) in [5.41, 5.74) is 0.630. The minimum absolute atomic E-state index is 0.0643. The molecule has 5 atom stereocenters. The molecule has 3 aliphatic heterocycles. The van der Waals surface area contributed by atoms with Crippen molar-refractivity contribution in [3.63, 3.8) is 0 Å². The molecule has 7 rings (SSSR count). The Labute approximate surface area is 346 Å². The summed E-state index contributed by atoms with van der Waals surface area (Å²) in [5, 5.41) is 4.14. The zero-order valence-corrected chi connectivity index (χ0v) is 37.0. The van der Waals surface area contributed by atoms with Crippen molar-refractivity contribution >= 4 is 38.6 Å². The maximum Gasteiger partial charge on any atom is 0.259 e.